The molecule has 38 heavy (non-hydrogen) atoms. The Morgan fingerprint density at radius 3 is 2.29 bits per heavy atom. The lowest BCUT2D eigenvalue weighted by molar-refractivity contribution is -0.150. The summed E-state index contributed by atoms with van der Waals surface area (Å²) in [5.41, 5.74) is 1.81. The van der Waals surface area contributed by atoms with Gasteiger partial charge in [0.05, 0.1) is 5.41 Å². The summed E-state index contributed by atoms with van der Waals surface area (Å²) in [6.07, 6.45) is -3.06. The zero-order valence-corrected chi connectivity index (χ0v) is 23.4. The lowest BCUT2D eigenvalue weighted by Crippen LogP contribution is -2.30. The number of hydrogen-bond acceptors (Lipinski definition) is 6. The number of benzene rings is 1. The number of aromatic nitrogens is 4. The molecule has 3 rings (SSSR count). The monoisotopic (exact) mass is 550 g/mol. The van der Waals surface area contributed by atoms with Crippen molar-refractivity contribution in [2.24, 2.45) is 5.41 Å². The molecule has 0 aliphatic rings. The summed E-state index contributed by atoms with van der Waals surface area (Å²) in [4.78, 5) is 19.3. The van der Waals surface area contributed by atoms with E-state index in [2.05, 4.69) is 34.7 Å². The molecule has 0 unspecified atom stereocenters. The highest BCUT2D eigenvalue weighted by Gasteiger charge is 2.38. The molecule has 0 saturated carbocycles. The van der Waals surface area contributed by atoms with Crippen LogP contribution in [-0.4, -0.2) is 52.1 Å². The third kappa shape index (κ3) is 7.64. The van der Waals surface area contributed by atoms with Gasteiger partial charge in [0.15, 0.2) is 5.82 Å². The van der Waals surface area contributed by atoms with Crippen molar-refractivity contribution in [1.82, 2.24) is 19.7 Å². The van der Waals surface area contributed by atoms with Gasteiger partial charge in [0.25, 0.3) is 0 Å². The molecule has 0 saturated heterocycles. The number of aliphatic carboxylic acids is 1. The fourth-order valence-corrected chi connectivity index (χ4v) is 4.08. The van der Waals surface area contributed by atoms with Crippen molar-refractivity contribution < 1.29 is 32.5 Å². The van der Waals surface area contributed by atoms with Crippen LogP contribution >= 0.6 is 0 Å². The summed E-state index contributed by atoms with van der Waals surface area (Å²) < 4.78 is 52.5. The zero-order chi connectivity index (χ0) is 28.3. The van der Waals surface area contributed by atoms with Crippen molar-refractivity contribution in [3.8, 4) is 28.4 Å². The second kappa shape index (κ2) is 11.2. The smallest absolute Gasteiger partial charge is 0.451 e. The molecular weight excluding hydrogens is 517 g/mol. The van der Waals surface area contributed by atoms with Crippen molar-refractivity contribution >= 4 is 14.0 Å². The summed E-state index contributed by atoms with van der Waals surface area (Å²) in [6.45, 7) is 11.5. The van der Waals surface area contributed by atoms with Crippen molar-refractivity contribution in [1.29, 1.82) is 0 Å². The topological polar surface area (TPSA) is 99.4 Å². The van der Waals surface area contributed by atoms with Gasteiger partial charge in [0, 0.05) is 38.1 Å². The molecule has 12 heteroatoms. The van der Waals surface area contributed by atoms with Crippen LogP contribution < -0.4 is 4.74 Å². The number of carbonyl (C=O) groups is 1. The van der Waals surface area contributed by atoms with Gasteiger partial charge in [-0.25, -0.2) is 14.6 Å². The van der Waals surface area contributed by atoms with Gasteiger partial charge in [-0.1, -0.05) is 43.9 Å². The van der Waals surface area contributed by atoms with Crippen molar-refractivity contribution in [3.63, 3.8) is 0 Å². The maximum atomic E-state index is 13.6. The van der Waals surface area contributed by atoms with Gasteiger partial charge in [-0.15, -0.1) is 5.10 Å². The molecule has 2 heterocycles. The average molecular weight is 551 g/mol. The van der Waals surface area contributed by atoms with E-state index >= 15 is 0 Å². The highest BCUT2D eigenvalue weighted by Crippen LogP contribution is 2.31. The third-order valence-corrected chi connectivity index (χ3v) is 7.54. The summed E-state index contributed by atoms with van der Waals surface area (Å²) >= 11 is 0. The van der Waals surface area contributed by atoms with Gasteiger partial charge in [-0.3, -0.25) is 4.79 Å². The number of carboxylic acid groups (broad SMARTS) is 1. The Balaban J connectivity index is 1.76. The Labute approximate surface area is 220 Å². The Kier molecular flexibility index (Phi) is 8.67. The van der Waals surface area contributed by atoms with Crippen LogP contribution in [0.3, 0.4) is 0 Å². The number of pyridine rings is 1. The predicted octanol–water partition coefficient (Wildman–Crippen LogP) is 6.14. The van der Waals surface area contributed by atoms with E-state index in [9.17, 15) is 23.1 Å². The molecule has 1 aromatic carbocycles. The standard InChI is InChI=1S/C26H33F3N4O4Si/c1-17-13-21(37-15-25(2,3)24(34)35)30-14-20(17)18-7-9-19(10-8-18)22-31-23(26(27,28)29)33(32-22)16-36-11-12-38(4,5)6/h7-10,13-14H,11-12,15-16H2,1-6H3,(H,34,35). The van der Waals surface area contributed by atoms with E-state index in [1.165, 1.54) is 0 Å². The first-order valence-corrected chi connectivity index (χ1v) is 15.8. The lowest BCUT2D eigenvalue weighted by atomic mass is 9.95. The average Bonchev–Trinajstić information content (AvgIpc) is 3.25. The zero-order valence-electron chi connectivity index (χ0n) is 22.4. The molecule has 0 bridgehead atoms. The minimum Gasteiger partial charge on any atom is -0.481 e. The fraction of sp³-hybridized carbons (Fsp3) is 0.462. The number of hydrogen-bond donors (Lipinski definition) is 1. The molecule has 206 valence electrons. The SMILES string of the molecule is Cc1cc(OCC(C)(C)C(=O)O)ncc1-c1ccc(-c2nc(C(F)(F)F)n(COCC[Si](C)(C)C)n2)cc1. The van der Waals surface area contributed by atoms with E-state index in [1.54, 1.807) is 50.4 Å². The number of rotatable bonds is 11. The van der Waals surface area contributed by atoms with Crippen LogP contribution in [0.5, 0.6) is 5.88 Å². The largest absolute Gasteiger partial charge is 0.481 e. The van der Waals surface area contributed by atoms with Crippen molar-refractivity contribution in [3.05, 3.63) is 47.9 Å². The number of alkyl halides is 3. The molecule has 3 aromatic rings. The van der Waals surface area contributed by atoms with Crippen LogP contribution in [0.25, 0.3) is 22.5 Å². The first-order valence-electron chi connectivity index (χ1n) is 12.1. The van der Waals surface area contributed by atoms with Crippen LogP contribution in [0.1, 0.15) is 25.2 Å². The quantitative estimate of drug-likeness (QED) is 0.226. The Morgan fingerprint density at radius 1 is 1.11 bits per heavy atom. The molecular formula is C26H33F3N4O4Si. The van der Waals surface area contributed by atoms with Gasteiger partial charge < -0.3 is 14.6 Å². The summed E-state index contributed by atoms with van der Waals surface area (Å²) in [5.74, 6) is -1.82. The Bertz CT molecular complexity index is 1270. The minimum atomic E-state index is -4.67. The maximum absolute atomic E-state index is 13.6. The molecule has 1 N–H and O–H groups in total. The number of halogens is 3. The summed E-state index contributed by atoms with van der Waals surface area (Å²) in [5, 5.41) is 13.3. The highest BCUT2D eigenvalue weighted by atomic mass is 28.3. The van der Waals surface area contributed by atoms with Gasteiger partial charge in [-0.2, -0.15) is 13.2 Å². The Morgan fingerprint density at radius 2 is 1.74 bits per heavy atom. The molecule has 2 aromatic heterocycles. The minimum absolute atomic E-state index is 0.0360. The van der Waals surface area contributed by atoms with E-state index in [0.29, 0.717) is 18.1 Å². The van der Waals surface area contributed by atoms with Crippen LogP contribution in [0.15, 0.2) is 36.5 Å². The second-order valence-corrected chi connectivity index (χ2v) is 16.6. The normalized spacial score (nSPS) is 12.6. The summed E-state index contributed by atoms with van der Waals surface area (Å²) in [7, 11) is -1.38. The van der Waals surface area contributed by atoms with Crippen LogP contribution in [0.4, 0.5) is 13.2 Å². The molecule has 0 radical (unpaired) electrons. The van der Waals surface area contributed by atoms with E-state index in [-0.39, 0.29) is 19.2 Å². The first-order chi connectivity index (χ1) is 17.6. The summed E-state index contributed by atoms with van der Waals surface area (Å²) in [6, 6.07) is 9.36. The number of carboxylic acids is 1. The van der Waals surface area contributed by atoms with E-state index in [0.717, 1.165) is 27.4 Å². The molecule has 0 fully saturated rings. The van der Waals surface area contributed by atoms with Crippen molar-refractivity contribution in [2.45, 2.75) is 59.4 Å². The second-order valence-electron chi connectivity index (χ2n) is 11.0. The Hall–Kier alpha value is -3.25. The van der Waals surface area contributed by atoms with Crippen molar-refractivity contribution in [2.75, 3.05) is 13.2 Å². The van der Waals surface area contributed by atoms with Gasteiger partial charge >= 0.3 is 12.1 Å². The molecule has 0 spiro atoms. The highest BCUT2D eigenvalue weighted by molar-refractivity contribution is 6.76. The maximum Gasteiger partial charge on any atom is 0.451 e. The van der Waals surface area contributed by atoms with Gasteiger partial charge in [0.2, 0.25) is 11.7 Å². The van der Waals surface area contributed by atoms with E-state index < -0.39 is 31.5 Å². The molecule has 0 aliphatic carbocycles. The number of aryl methyl sites for hydroxylation is 1. The van der Waals surface area contributed by atoms with Gasteiger partial charge in [0.1, 0.15) is 13.3 Å². The molecule has 0 aliphatic heterocycles. The molecule has 0 amide bonds. The molecule has 8 nitrogen and oxygen atoms in total. The number of nitrogens with zero attached hydrogens (tertiary/aromatic N) is 4. The van der Waals surface area contributed by atoms with Crippen LogP contribution in [-0.2, 0) is 22.4 Å². The number of ether oxygens (including phenoxy) is 2. The van der Waals surface area contributed by atoms with Gasteiger partial charge in [-0.05, 0) is 37.9 Å². The predicted molar refractivity (Wildman–Crippen MR) is 139 cm³/mol. The molecule has 0 atom stereocenters. The van der Waals surface area contributed by atoms with E-state index in [4.69, 9.17) is 9.47 Å². The van der Waals surface area contributed by atoms with Crippen LogP contribution in [0.2, 0.25) is 25.7 Å². The first kappa shape index (κ1) is 29.3. The fourth-order valence-electron chi connectivity index (χ4n) is 3.32. The van der Waals surface area contributed by atoms with E-state index in [1.807, 2.05) is 6.92 Å². The van der Waals surface area contributed by atoms with Crippen LogP contribution in [0, 0.1) is 12.3 Å². The lowest BCUT2D eigenvalue weighted by Gasteiger charge is -2.19. The third-order valence-electron chi connectivity index (χ3n) is 5.83.